The number of thiophene rings is 1. The molecule has 26 heavy (non-hydrogen) atoms. The summed E-state index contributed by atoms with van der Waals surface area (Å²) in [6.07, 6.45) is -3.30. The zero-order chi connectivity index (χ0) is 19.3. The minimum absolute atomic E-state index is 0.180. The van der Waals surface area contributed by atoms with Crippen molar-refractivity contribution >= 4 is 17.4 Å². The van der Waals surface area contributed by atoms with Gasteiger partial charge in [0, 0.05) is 23.9 Å². The van der Waals surface area contributed by atoms with Gasteiger partial charge in [-0.2, -0.15) is 13.2 Å². The summed E-state index contributed by atoms with van der Waals surface area (Å²) in [6, 6.07) is 1.08. The Morgan fingerprint density at radius 3 is 2.65 bits per heavy atom. The second kappa shape index (κ2) is 6.41. The Hall–Kier alpha value is -1.28. The lowest BCUT2D eigenvalue weighted by atomic mass is 9.82. The highest BCUT2D eigenvalue weighted by molar-refractivity contribution is 7.12. The Labute approximate surface area is 155 Å². The number of likely N-dealkylation sites (tertiary alicyclic amines) is 1. The molecule has 1 fully saturated rings. The maximum Gasteiger partial charge on any atom is 0.425 e. The Morgan fingerprint density at radius 1 is 1.38 bits per heavy atom. The minimum Gasteiger partial charge on any atom is -0.444 e. The maximum absolute atomic E-state index is 13.1. The van der Waals surface area contributed by atoms with Gasteiger partial charge in [-0.1, -0.05) is 0 Å². The number of rotatable bonds is 0. The van der Waals surface area contributed by atoms with Gasteiger partial charge in [0.2, 0.25) is 0 Å². The van der Waals surface area contributed by atoms with Crippen LogP contribution in [-0.4, -0.2) is 35.8 Å². The van der Waals surface area contributed by atoms with E-state index in [2.05, 4.69) is 0 Å². The molecule has 8 heteroatoms. The summed E-state index contributed by atoms with van der Waals surface area (Å²) >= 11 is 0.785. The number of ether oxygens (including phenoxy) is 2. The van der Waals surface area contributed by atoms with Crippen LogP contribution in [0.25, 0.3) is 0 Å². The van der Waals surface area contributed by atoms with E-state index in [1.54, 1.807) is 4.90 Å². The summed E-state index contributed by atoms with van der Waals surface area (Å²) in [5.41, 5.74) is -0.596. The molecule has 1 spiro atoms. The first-order valence-corrected chi connectivity index (χ1v) is 9.57. The van der Waals surface area contributed by atoms with E-state index in [0.29, 0.717) is 37.3 Å². The van der Waals surface area contributed by atoms with Crippen LogP contribution >= 0.6 is 11.3 Å². The van der Waals surface area contributed by atoms with Crippen molar-refractivity contribution < 1.29 is 27.4 Å². The molecular weight excluding hydrogens is 367 g/mol. The van der Waals surface area contributed by atoms with E-state index in [1.807, 2.05) is 27.7 Å². The van der Waals surface area contributed by atoms with E-state index in [4.69, 9.17) is 9.47 Å². The highest BCUT2D eigenvalue weighted by Crippen LogP contribution is 2.49. The number of piperidine rings is 1. The zero-order valence-corrected chi connectivity index (χ0v) is 16.2. The van der Waals surface area contributed by atoms with Gasteiger partial charge in [-0.15, -0.1) is 11.3 Å². The number of halogens is 3. The number of fused-ring (bicyclic) bond motifs is 2. The topological polar surface area (TPSA) is 38.8 Å². The Bertz CT molecular complexity index is 695. The molecule has 0 saturated carbocycles. The number of alkyl halides is 3. The summed E-state index contributed by atoms with van der Waals surface area (Å²) in [5.74, 6) is 0. The number of carbonyl (C=O) groups excluding carboxylic acids is 1. The predicted molar refractivity (Wildman–Crippen MR) is 92.3 cm³/mol. The minimum atomic E-state index is -4.34. The van der Waals surface area contributed by atoms with Crippen molar-refractivity contribution in [2.75, 3.05) is 13.2 Å². The van der Waals surface area contributed by atoms with E-state index < -0.39 is 28.3 Å². The molecule has 3 rings (SSSR count). The van der Waals surface area contributed by atoms with Crippen molar-refractivity contribution in [1.29, 1.82) is 0 Å². The molecule has 1 saturated heterocycles. The second-order valence-electron chi connectivity index (χ2n) is 8.03. The van der Waals surface area contributed by atoms with Gasteiger partial charge < -0.3 is 14.4 Å². The summed E-state index contributed by atoms with van der Waals surface area (Å²) < 4.78 is 50.9. The molecule has 4 nitrogen and oxygen atoms in total. The number of carbonyl (C=O) groups is 1. The molecule has 0 radical (unpaired) electrons. The Morgan fingerprint density at radius 2 is 2.08 bits per heavy atom. The first-order valence-electron chi connectivity index (χ1n) is 8.75. The van der Waals surface area contributed by atoms with Crippen LogP contribution in [-0.2, 0) is 27.7 Å². The second-order valence-corrected chi connectivity index (χ2v) is 9.08. The smallest absolute Gasteiger partial charge is 0.425 e. The molecule has 0 bridgehead atoms. The van der Waals surface area contributed by atoms with Crippen molar-refractivity contribution in [2.24, 2.45) is 0 Å². The third-order valence-corrected chi connectivity index (χ3v) is 6.20. The van der Waals surface area contributed by atoms with Crippen LogP contribution in [0.5, 0.6) is 0 Å². The standard InChI is InChI=1S/C18H24F3NO3S/c1-11-10-17(6-7-22(11)15(23)25-16(2,3)4)14-12(5-8-24-17)9-13(26-14)18(19,20)21/h9,11H,5-8,10H2,1-4H3/t11-,17+/m0/s1. The fourth-order valence-electron chi connectivity index (χ4n) is 3.70. The lowest BCUT2D eigenvalue weighted by Gasteiger charge is -2.46. The molecule has 3 heterocycles. The van der Waals surface area contributed by atoms with Gasteiger partial charge in [0.25, 0.3) is 0 Å². The molecule has 0 aromatic carbocycles. The normalized spacial score (nSPS) is 26.7. The summed E-state index contributed by atoms with van der Waals surface area (Å²) in [5, 5.41) is 0. The van der Waals surface area contributed by atoms with E-state index in [1.165, 1.54) is 6.07 Å². The van der Waals surface area contributed by atoms with Crippen molar-refractivity contribution in [3.8, 4) is 0 Å². The predicted octanol–water partition coefficient (Wildman–Crippen LogP) is 4.95. The Kier molecular flexibility index (Phi) is 4.80. The van der Waals surface area contributed by atoms with Crippen LogP contribution in [0.4, 0.5) is 18.0 Å². The molecule has 0 N–H and O–H groups in total. The van der Waals surface area contributed by atoms with Crippen LogP contribution in [0.3, 0.4) is 0 Å². The third-order valence-electron chi connectivity index (χ3n) is 4.79. The number of nitrogens with zero attached hydrogens (tertiary/aromatic N) is 1. The zero-order valence-electron chi connectivity index (χ0n) is 15.4. The molecule has 1 aromatic rings. The third kappa shape index (κ3) is 3.71. The summed E-state index contributed by atoms with van der Waals surface area (Å²) in [7, 11) is 0. The summed E-state index contributed by atoms with van der Waals surface area (Å²) in [4.78, 5) is 14.1. The van der Waals surface area contributed by atoms with Crippen LogP contribution in [0.15, 0.2) is 6.07 Å². The number of hydrogen-bond acceptors (Lipinski definition) is 4. The van der Waals surface area contributed by atoms with Crippen molar-refractivity contribution in [3.63, 3.8) is 0 Å². The van der Waals surface area contributed by atoms with E-state index in [0.717, 1.165) is 16.9 Å². The van der Waals surface area contributed by atoms with Crippen LogP contribution in [0, 0.1) is 0 Å². The maximum atomic E-state index is 13.1. The van der Waals surface area contributed by atoms with Crippen molar-refractivity contribution in [2.45, 2.75) is 70.4 Å². The first kappa shape index (κ1) is 19.5. The molecule has 1 aromatic heterocycles. The average molecular weight is 391 g/mol. The molecule has 2 atom stereocenters. The van der Waals surface area contributed by atoms with Gasteiger partial charge in [-0.25, -0.2) is 4.79 Å². The molecule has 2 aliphatic heterocycles. The average Bonchev–Trinajstić information content (AvgIpc) is 2.91. The lowest BCUT2D eigenvalue weighted by Crippen LogP contribution is -2.53. The van der Waals surface area contributed by atoms with E-state index in [-0.39, 0.29) is 6.04 Å². The quantitative estimate of drug-likeness (QED) is 0.628. The Balaban J connectivity index is 1.82. The molecule has 0 unspecified atom stereocenters. The molecule has 0 aliphatic carbocycles. The largest absolute Gasteiger partial charge is 0.444 e. The SMILES string of the molecule is C[C@H]1C[C@@]2(CCN1C(=O)OC(C)(C)C)OCCc1cc(C(F)(F)F)sc12. The van der Waals surface area contributed by atoms with E-state index in [9.17, 15) is 18.0 Å². The fraction of sp³-hybridized carbons (Fsp3) is 0.722. The van der Waals surface area contributed by atoms with Gasteiger partial charge in [-0.05, 0) is 52.2 Å². The highest BCUT2D eigenvalue weighted by atomic mass is 32.1. The van der Waals surface area contributed by atoms with Gasteiger partial charge in [0.15, 0.2) is 0 Å². The summed E-state index contributed by atoms with van der Waals surface area (Å²) in [6.45, 7) is 8.11. The monoisotopic (exact) mass is 391 g/mol. The fourth-order valence-corrected chi connectivity index (χ4v) is 4.96. The lowest BCUT2D eigenvalue weighted by molar-refractivity contribution is -0.134. The molecule has 1 amide bonds. The van der Waals surface area contributed by atoms with E-state index >= 15 is 0 Å². The highest BCUT2D eigenvalue weighted by Gasteiger charge is 2.48. The van der Waals surface area contributed by atoms with Crippen LogP contribution in [0.1, 0.15) is 55.9 Å². The van der Waals surface area contributed by atoms with Crippen LogP contribution in [0.2, 0.25) is 0 Å². The van der Waals surface area contributed by atoms with Gasteiger partial charge in [0.05, 0.1) is 6.61 Å². The molecule has 2 aliphatic rings. The first-order chi connectivity index (χ1) is 11.9. The van der Waals surface area contributed by atoms with Gasteiger partial charge in [-0.3, -0.25) is 0 Å². The number of hydrogen-bond donors (Lipinski definition) is 0. The van der Waals surface area contributed by atoms with Crippen molar-refractivity contribution in [3.05, 3.63) is 21.4 Å². The molecular formula is C18H24F3NO3S. The van der Waals surface area contributed by atoms with Gasteiger partial charge in [0.1, 0.15) is 16.1 Å². The van der Waals surface area contributed by atoms with Crippen LogP contribution < -0.4 is 0 Å². The van der Waals surface area contributed by atoms with Gasteiger partial charge >= 0.3 is 12.3 Å². The molecule has 146 valence electrons. The number of amides is 1. The van der Waals surface area contributed by atoms with Crippen molar-refractivity contribution in [1.82, 2.24) is 4.90 Å².